The average Bonchev–Trinajstić information content (AvgIpc) is 3.24. The molecule has 2 amide bonds. The van der Waals surface area contributed by atoms with Crippen molar-refractivity contribution in [2.75, 3.05) is 18.1 Å². The summed E-state index contributed by atoms with van der Waals surface area (Å²) in [5.74, 6) is -0.0325. The van der Waals surface area contributed by atoms with E-state index in [1.165, 1.54) is 11.3 Å². The summed E-state index contributed by atoms with van der Waals surface area (Å²) in [6.07, 6.45) is 1.38. The lowest BCUT2D eigenvalue weighted by molar-refractivity contribution is -0.127. The van der Waals surface area contributed by atoms with E-state index in [2.05, 4.69) is 4.98 Å². The predicted molar refractivity (Wildman–Crippen MR) is 108 cm³/mol. The van der Waals surface area contributed by atoms with Gasteiger partial charge in [-0.05, 0) is 44.5 Å². The molecule has 2 aromatic carbocycles. The Hall–Kier alpha value is -2.73. The molecule has 0 bridgehead atoms. The number of aromatic nitrogens is 1. The van der Waals surface area contributed by atoms with Gasteiger partial charge in [-0.1, -0.05) is 40.7 Å². The normalized spacial score (nSPS) is 14.1. The van der Waals surface area contributed by atoms with Gasteiger partial charge in [-0.25, -0.2) is 4.98 Å². The third-order valence-corrected chi connectivity index (χ3v) is 5.77. The first-order valence-electron chi connectivity index (χ1n) is 9.05. The van der Waals surface area contributed by atoms with Crippen LogP contribution in [0, 0.1) is 13.8 Å². The van der Waals surface area contributed by atoms with E-state index in [1.54, 1.807) is 9.80 Å². The van der Waals surface area contributed by atoms with Gasteiger partial charge in [0, 0.05) is 18.5 Å². The Labute approximate surface area is 162 Å². The first-order chi connectivity index (χ1) is 13.0. The summed E-state index contributed by atoms with van der Waals surface area (Å²) in [5.41, 5.74) is 3.57. The fraction of sp³-hybridized carbons (Fsp3) is 0.286. The van der Waals surface area contributed by atoms with Gasteiger partial charge in [-0.3, -0.25) is 14.5 Å². The Bertz CT molecular complexity index is 974. The first-order valence-corrected chi connectivity index (χ1v) is 9.86. The van der Waals surface area contributed by atoms with Crippen molar-refractivity contribution in [1.82, 2.24) is 9.88 Å². The van der Waals surface area contributed by atoms with Crippen LogP contribution in [0.1, 0.15) is 34.3 Å². The first kappa shape index (κ1) is 17.7. The van der Waals surface area contributed by atoms with Crippen LogP contribution in [0.2, 0.25) is 0 Å². The highest BCUT2D eigenvalue weighted by atomic mass is 32.1. The number of carbonyl (C=O) groups is 2. The topological polar surface area (TPSA) is 53.5 Å². The van der Waals surface area contributed by atoms with Gasteiger partial charge in [0.1, 0.15) is 6.67 Å². The molecule has 138 valence electrons. The third kappa shape index (κ3) is 3.57. The van der Waals surface area contributed by atoms with E-state index in [4.69, 9.17) is 0 Å². The molecule has 0 unspecified atom stereocenters. The van der Waals surface area contributed by atoms with E-state index >= 15 is 0 Å². The molecule has 5 nitrogen and oxygen atoms in total. The van der Waals surface area contributed by atoms with E-state index in [1.807, 2.05) is 56.3 Å². The van der Waals surface area contributed by atoms with Gasteiger partial charge in [-0.15, -0.1) is 0 Å². The number of aryl methyl sites for hydroxylation is 2. The van der Waals surface area contributed by atoms with Crippen molar-refractivity contribution in [2.45, 2.75) is 26.7 Å². The molecular weight excluding hydrogens is 358 g/mol. The number of carbonyl (C=O) groups excluding carboxylic acids is 2. The average molecular weight is 379 g/mol. The van der Waals surface area contributed by atoms with Gasteiger partial charge in [0.2, 0.25) is 5.91 Å². The SMILES string of the molecule is Cc1cc(C)cc(C(=O)N(CN2CCCC2=O)c2nc3ccccc3s2)c1. The molecular formula is C21H21N3O2S. The van der Waals surface area contributed by atoms with Crippen molar-refractivity contribution in [1.29, 1.82) is 0 Å². The molecule has 0 atom stereocenters. The van der Waals surface area contributed by atoms with E-state index in [9.17, 15) is 9.59 Å². The summed E-state index contributed by atoms with van der Waals surface area (Å²) in [7, 11) is 0. The van der Waals surface area contributed by atoms with Gasteiger partial charge in [0.25, 0.3) is 5.91 Å². The lowest BCUT2D eigenvalue weighted by Gasteiger charge is -2.26. The molecule has 0 N–H and O–H groups in total. The van der Waals surface area contributed by atoms with Gasteiger partial charge in [0.15, 0.2) is 5.13 Å². The van der Waals surface area contributed by atoms with Crippen LogP contribution in [0.4, 0.5) is 5.13 Å². The number of hydrogen-bond donors (Lipinski definition) is 0. The molecule has 1 aromatic heterocycles. The maximum absolute atomic E-state index is 13.4. The maximum atomic E-state index is 13.4. The Morgan fingerprint density at radius 1 is 1.19 bits per heavy atom. The van der Waals surface area contributed by atoms with Crippen LogP contribution in [-0.2, 0) is 4.79 Å². The Kier molecular flexibility index (Phi) is 4.66. The monoisotopic (exact) mass is 379 g/mol. The molecule has 0 saturated carbocycles. The summed E-state index contributed by atoms with van der Waals surface area (Å²) in [5, 5.41) is 0.625. The maximum Gasteiger partial charge on any atom is 0.261 e. The molecule has 1 fully saturated rings. The van der Waals surface area contributed by atoms with Crippen molar-refractivity contribution in [3.05, 3.63) is 59.2 Å². The number of benzene rings is 2. The lowest BCUT2D eigenvalue weighted by atomic mass is 10.1. The van der Waals surface area contributed by atoms with E-state index in [0.717, 1.165) is 27.8 Å². The van der Waals surface area contributed by atoms with Crippen LogP contribution in [0.25, 0.3) is 10.2 Å². The zero-order valence-electron chi connectivity index (χ0n) is 15.4. The predicted octanol–water partition coefficient (Wildman–Crippen LogP) is 4.14. The molecule has 0 radical (unpaired) electrons. The highest BCUT2D eigenvalue weighted by molar-refractivity contribution is 7.22. The summed E-state index contributed by atoms with van der Waals surface area (Å²) >= 11 is 1.48. The highest BCUT2D eigenvalue weighted by Crippen LogP contribution is 2.30. The second-order valence-corrected chi connectivity index (χ2v) is 7.98. The van der Waals surface area contributed by atoms with Crippen molar-refractivity contribution in [2.24, 2.45) is 0 Å². The van der Waals surface area contributed by atoms with Gasteiger partial charge in [0.05, 0.1) is 10.2 Å². The standard InChI is InChI=1S/C21H21N3O2S/c1-14-10-15(2)12-16(11-14)20(26)24(13-23-9-5-8-19(23)25)21-22-17-6-3-4-7-18(17)27-21/h3-4,6-7,10-12H,5,8-9,13H2,1-2H3. The summed E-state index contributed by atoms with van der Waals surface area (Å²) in [6, 6.07) is 13.7. The molecule has 4 rings (SSSR count). The zero-order valence-corrected chi connectivity index (χ0v) is 16.3. The third-order valence-electron chi connectivity index (χ3n) is 4.71. The van der Waals surface area contributed by atoms with Crippen LogP contribution in [-0.4, -0.2) is 34.9 Å². The zero-order chi connectivity index (χ0) is 19.0. The summed E-state index contributed by atoms with van der Waals surface area (Å²) in [4.78, 5) is 33.6. The van der Waals surface area contributed by atoms with Crippen molar-refractivity contribution >= 4 is 38.5 Å². The molecule has 6 heteroatoms. The van der Waals surface area contributed by atoms with Crippen LogP contribution < -0.4 is 4.90 Å². The van der Waals surface area contributed by atoms with Crippen LogP contribution >= 0.6 is 11.3 Å². The lowest BCUT2D eigenvalue weighted by Crippen LogP contribution is -2.42. The number of rotatable bonds is 4. The highest BCUT2D eigenvalue weighted by Gasteiger charge is 2.28. The summed E-state index contributed by atoms with van der Waals surface area (Å²) in [6.45, 7) is 4.89. The quantitative estimate of drug-likeness (QED) is 0.685. The molecule has 27 heavy (non-hydrogen) atoms. The number of hydrogen-bond acceptors (Lipinski definition) is 4. The molecule has 3 aromatic rings. The van der Waals surface area contributed by atoms with Crippen molar-refractivity contribution in [3.8, 4) is 0 Å². The molecule has 0 spiro atoms. The minimum atomic E-state index is -0.124. The molecule has 1 saturated heterocycles. The van der Waals surface area contributed by atoms with Crippen LogP contribution in [0.15, 0.2) is 42.5 Å². The Morgan fingerprint density at radius 2 is 1.93 bits per heavy atom. The largest absolute Gasteiger partial charge is 0.324 e. The van der Waals surface area contributed by atoms with Gasteiger partial charge < -0.3 is 4.90 Å². The molecule has 1 aliphatic rings. The minimum Gasteiger partial charge on any atom is -0.324 e. The summed E-state index contributed by atoms with van der Waals surface area (Å²) < 4.78 is 1.03. The van der Waals surface area contributed by atoms with Crippen LogP contribution in [0.5, 0.6) is 0 Å². The molecule has 2 heterocycles. The van der Waals surface area contributed by atoms with Crippen molar-refractivity contribution < 1.29 is 9.59 Å². The van der Waals surface area contributed by atoms with E-state index < -0.39 is 0 Å². The number of para-hydroxylation sites is 1. The van der Waals surface area contributed by atoms with Crippen LogP contribution in [0.3, 0.4) is 0 Å². The number of nitrogens with zero attached hydrogens (tertiary/aromatic N) is 3. The fourth-order valence-corrected chi connectivity index (χ4v) is 4.42. The Morgan fingerprint density at radius 3 is 2.59 bits per heavy atom. The second-order valence-electron chi connectivity index (χ2n) is 6.98. The van der Waals surface area contributed by atoms with E-state index in [0.29, 0.717) is 23.7 Å². The van der Waals surface area contributed by atoms with Gasteiger partial charge >= 0.3 is 0 Å². The number of likely N-dealkylation sites (tertiary alicyclic amines) is 1. The smallest absolute Gasteiger partial charge is 0.261 e. The number of amides is 2. The fourth-order valence-electron chi connectivity index (χ4n) is 3.47. The molecule has 1 aliphatic heterocycles. The minimum absolute atomic E-state index is 0.0920. The number of anilines is 1. The number of thiazole rings is 1. The van der Waals surface area contributed by atoms with E-state index in [-0.39, 0.29) is 18.5 Å². The molecule has 0 aliphatic carbocycles. The number of fused-ring (bicyclic) bond motifs is 1. The Balaban J connectivity index is 1.74. The second kappa shape index (κ2) is 7.12. The van der Waals surface area contributed by atoms with Crippen molar-refractivity contribution in [3.63, 3.8) is 0 Å². The van der Waals surface area contributed by atoms with Gasteiger partial charge in [-0.2, -0.15) is 0 Å².